The first-order chi connectivity index (χ1) is 14.3. The van der Waals surface area contributed by atoms with Gasteiger partial charge in [0.15, 0.2) is 6.61 Å². The van der Waals surface area contributed by atoms with Gasteiger partial charge in [0.2, 0.25) is 5.91 Å². The number of thiophene rings is 1. The molecule has 0 saturated heterocycles. The molecule has 0 aliphatic carbocycles. The Labute approximate surface area is 182 Å². The molecule has 3 rings (SSSR count). The predicted molar refractivity (Wildman–Crippen MR) is 118 cm³/mol. The van der Waals surface area contributed by atoms with E-state index < -0.39 is 18.5 Å². The molecule has 156 valence electrons. The number of likely N-dealkylation sites (N-methyl/N-ethyl adjacent to an activating group) is 1. The highest BCUT2D eigenvalue weighted by molar-refractivity contribution is 7.22. The highest BCUT2D eigenvalue weighted by Gasteiger charge is 2.20. The quantitative estimate of drug-likeness (QED) is 0.562. The third kappa shape index (κ3) is 5.52. The van der Waals surface area contributed by atoms with E-state index in [0.717, 1.165) is 15.4 Å². The number of hydrogen-bond acceptors (Lipinski definition) is 7. The number of nitrogens with zero attached hydrogens (tertiary/aromatic N) is 2. The van der Waals surface area contributed by atoms with E-state index in [0.29, 0.717) is 16.3 Å². The lowest BCUT2D eigenvalue weighted by Gasteiger charge is -2.16. The van der Waals surface area contributed by atoms with Crippen molar-refractivity contribution in [1.82, 2.24) is 9.88 Å². The first-order valence-electron chi connectivity index (χ1n) is 9.12. The standard InChI is InChI=1S/C21H21N3O4S2/c1-13-6-8-15(9-7-13)23-17(25)11-24(3)18(26)12-28-21(27)19-14(2)22-20(30-19)16-5-4-10-29-16/h4-10H,11-12H2,1-3H3,(H,23,25). The van der Waals surface area contributed by atoms with Crippen LogP contribution in [0.4, 0.5) is 5.69 Å². The molecule has 30 heavy (non-hydrogen) atoms. The van der Waals surface area contributed by atoms with Crippen molar-refractivity contribution in [3.05, 3.63) is 57.9 Å². The normalized spacial score (nSPS) is 10.5. The summed E-state index contributed by atoms with van der Waals surface area (Å²) in [4.78, 5) is 43.7. The van der Waals surface area contributed by atoms with Gasteiger partial charge in [-0.1, -0.05) is 23.8 Å². The molecule has 0 aliphatic heterocycles. The number of amides is 2. The molecule has 3 aromatic rings. The summed E-state index contributed by atoms with van der Waals surface area (Å²) in [5.41, 5.74) is 2.30. The maximum absolute atomic E-state index is 12.4. The molecule has 1 aromatic carbocycles. The average Bonchev–Trinajstić information content (AvgIpc) is 3.37. The largest absolute Gasteiger partial charge is 0.451 e. The smallest absolute Gasteiger partial charge is 0.350 e. The first kappa shape index (κ1) is 21.7. The number of esters is 1. The van der Waals surface area contributed by atoms with Crippen LogP contribution in [0, 0.1) is 13.8 Å². The van der Waals surface area contributed by atoms with Gasteiger partial charge in [0.25, 0.3) is 5.91 Å². The third-order valence-corrected chi connectivity index (χ3v) is 6.36. The van der Waals surface area contributed by atoms with Gasteiger partial charge in [0.1, 0.15) is 9.88 Å². The Bertz CT molecular complexity index is 1040. The summed E-state index contributed by atoms with van der Waals surface area (Å²) >= 11 is 2.77. The summed E-state index contributed by atoms with van der Waals surface area (Å²) in [7, 11) is 1.48. The number of nitrogens with one attached hydrogen (secondary N) is 1. The van der Waals surface area contributed by atoms with E-state index >= 15 is 0 Å². The molecular weight excluding hydrogens is 422 g/mol. The summed E-state index contributed by atoms with van der Waals surface area (Å²) in [6.45, 7) is 3.09. The van der Waals surface area contributed by atoms with E-state index in [4.69, 9.17) is 4.74 Å². The van der Waals surface area contributed by atoms with Crippen molar-refractivity contribution in [2.75, 3.05) is 25.5 Å². The SMILES string of the molecule is Cc1ccc(NC(=O)CN(C)C(=O)COC(=O)c2sc(-c3cccs3)nc2C)cc1. The maximum Gasteiger partial charge on any atom is 0.350 e. The average molecular weight is 444 g/mol. The van der Waals surface area contributed by atoms with Crippen LogP contribution in [0.2, 0.25) is 0 Å². The number of anilines is 1. The third-order valence-electron chi connectivity index (χ3n) is 4.18. The molecule has 0 spiro atoms. The predicted octanol–water partition coefficient (Wildman–Crippen LogP) is 3.74. The van der Waals surface area contributed by atoms with Crippen LogP contribution in [0.3, 0.4) is 0 Å². The molecule has 0 fully saturated rings. The molecule has 2 aromatic heterocycles. The van der Waals surface area contributed by atoms with Gasteiger partial charge in [0, 0.05) is 12.7 Å². The second-order valence-corrected chi connectivity index (χ2v) is 8.60. The molecule has 2 heterocycles. The number of carbonyl (C=O) groups excluding carboxylic acids is 3. The van der Waals surface area contributed by atoms with Crippen LogP contribution in [-0.2, 0) is 14.3 Å². The molecule has 9 heteroatoms. The molecule has 0 radical (unpaired) electrons. The summed E-state index contributed by atoms with van der Waals surface area (Å²) < 4.78 is 5.15. The minimum Gasteiger partial charge on any atom is -0.451 e. The van der Waals surface area contributed by atoms with Gasteiger partial charge in [-0.3, -0.25) is 9.59 Å². The van der Waals surface area contributed by atoms with E-state index in [1.807, 2.05) is 36.6 Å². The molecule has 0 bridgehead atoms. The molecule has 0 atom stereocenters. The lowest BCUT2D eigenvalue weighted by atomic mass is 10.2. The zero-order chi connectivity index (χ0) is 21.7. The highest BCUT2D eigenvalue weighted by Crippen LogP contribution is 2.31. The van der Waals surface area contributed by atoms with Crippen LogP contribution in [0.1, 0.15) is 20.9 Å². The molecule has 0 aliphatic rings. The van der Waals surface area contributed by atoms with E-state index in [1.165, 1.54) is 34.6 Å². The van der Waals surface area contributed by atoms with Gasteiger partial charge in [-0.25, -0.2) is 9.78 Å². The lowest BCUT2D eigenvalue weighted by Crippen LogP contribution is -2.37. The van der Waals surface area contributed by atoms with Crippen LogP contribution >= 0.6 is 22.7 Å². The second kappa shape index (κ2) is 9.64. The van der Waals surface area contributed by atoms with E-state index in [1.54, 1.807) is 19.1 Å². The number of aromatic nitrogens is 1. The number of ether oxygens (including phenoxy) is 1. The number of rotatable bonds is 7. The monoisotopic (exact) mass is 443 g/mol. The minimum absolute atomic E-state index is 0.146. The zero-order valence-corrected chi connectivity index (χ0v) is 18.4. The van der Waals surface area contributed by atoms with Crippen molar-refractivity contribution >= 4 is 46.1 Å². The topological polar surface area (TPSA) is 88.6 Å². The Morgan fingerprint density at radius 1 is 1.13 bits per heavy atom. The molecule has 1 N–H and O–H groups in total. The van der Waals surface area contributed by atoms with Gasteiger partial charge in [-0.05, 0) is 37.4 Å². The Morgan fingerprint density at radius 3 is 2.53 bits per heavy atom. The van der Waals surface area contributed by atoms with Gasteiger partial charge < -0.3 is 15.0 Å². The van der Waals surface area contributed by atoms with E-state index in [2.05, 4.69) is 10.3 Å². The van der Waals surface area contributed by atoms with Gasteiger partial charge in [-0.15, -0.1) is 22.7 Å². The number of aryl methyl sites for hydroxylation is 2. The van der Waals surface area contributed by atoms with E-state index in [-0.39, 0.29) is 12.5 Å². The summed E-state index contributed by atoms with van der Waals surface area (Å²) in [6.07, 6.45) is 0. The summed E-state index contributed by atoms with van der Waals surface area (Å²) in [5, 5.41) is 5.40. The fourth-order valence-electron chi connectivity index (χ4n) is 2.54. The molecule has 7 nitrogen and oxygen atoms in total. The molecule has 0 saturated carbocycles. The van der Waals surface area contributed by atoms with Crippen LogP contribution in [0.15, 0.2) is 41.8 Å². The van der Waals surface area contributed by atoms with Gasteiger partial charge >= 0.3 is 5.97 Å². The van der Waals surface area contributed by atoms with Crippen LogP contribution < -0.4 is 5.32 Å². The van der Waals surface area contributed by atoms with E-state index in [9.17, 15) is 14.4 Å². The fourth-order valence-corrected chi connectivity index (χ4v) is 4.29. The zero-order valence-electron chi connectivity index (χ0n) is 16.8. The van der Waals surface area contributed by atoms with Crippen molar-refractivity contribution in [2.45, 2.75) is 13.8 Å². The van der Waals surface area contributed by atoms with Crippen molar-refractivity contribution in [1.29, 1.82) is 0 Å². The Balaban J connectivity index is 1.50. The number of carbonyl (C=O) groups is 3. The summed E-state index contributed by atoms with van der Waals surface area (Å²) in [5.74, 6) is -1.40. The van der Waals surface area contributed by atoms with Crippen molar-refractivity contribution < 1.29 is 19.1 Å². The first-order valence-corrected chi connectivity index (χ1v) is 10.8. The second-order valence-electron chi connectivity index (χ2n) is 6.65. The van der Waals surface area contributed by atoms with Crippen LogP contribution in [0.25, 0.3) is 9.88 Å². The number of benzene rings is 1. The Hall–Kier alpha value is -3.04. The molecule has 0 unspecified atom stereocenters. The maximum atomic E-state index is 12.4. The molecule has 2 amide bonds. The minimum atomic E-state index is -0.598. The Kier molecular flexibility index (Phi) is 6.96. The summed E-state index contributed by atoms with van der Waals surface area (Å²) in [6, 6.07) is 11.2. The van der Waals surface area contributed by atoms with Crippen molar-refractivity contribution in [3.63, 3.8) is 0 Å². The van der Waals surface area contributed by atoms with Crippen molar-refractivity contribution in [3.8, 4) is 9.88 Å². The highest BCUT2D eigenvalue weighted by atomic mass is 32.1. The Morgan fingerprint density at radius 2 is 1.87 bits per heavy atom. The van der Waals surface area contributed by atoms with Gasteiger partial charge in [-0.2, -0.15) is 0 Å². The van der Waals surface area contributed by atoms with Crippen molar-refractivity contribution in [2.24, 2.45) is 0 Å². The number of hydrogen-bond donors (Lipinski definition) is 1. The van der Waals surface area contributed by atoms with Crippen LogP contribution in [-0.4, -0.2) is 47.9 Å². The van der Waals surface area contributed by atoms with Gasteiger partial charge in [0.05, 0.1) is 17.1 Å². The lowest BCUT2D eigenvalue weighted by molar-refractivity contribution is -0.136. The number of thiazole rings is 1. The fraction of sp³-hybridized carbons (Fsp3) is 0.238. The molecular formula is C21H21N3O4S2. The van der Waals surface area contributed by atoms with Crippen LogP contribution in [0.5, 0.6) is 0 Å².